The number of nitrogens with zero attached hydrogens (tertiary/aromatic N) is 3. The first kappa shape index (κ1) is 24.9. The number of furan rings is 1. The Balaban J connectivity index is 1.19. The Morgan fingerprint density at radius 1 is 0.409 bits per heavy atom. The molecule has 0 unspecified atom stereocenters. The summed E-state index contributed by atoms with van der Waals surface area (Å²) in [5.74, 6) is 1.99. The van der Waals surface area contributed by atoms with Gasteiger partial charge < -0.3 is 4.42 Å². The summed E-state index contributed by atoms with van der Waals surface area (Å²) in [7, 11) is 0. The maximum atomic E-state index is 6.17. The fourth-order valence-corrected chi connectivity index (χ4v) is 7.16. The zero-order valence-corrected chi connectivity index (χ0v) is 24.3. The highest BCUT2D eigenvalue weighted by molar-refractivity contribution is 7.25. The van der Waals surface area contributed by atoms with Crippen LogP contribution in [0.1, 0.15) is 0 Å². The highest BCUT2D eigenvalue weighted by Crippen LogP contribution is 2.41. The van der Waals surface area contributed by atoms with Crippen LogP contribution in [0.25, 0.3) is 87.4 Å². The van der Waals surface area contributed by atoms with Crippen molar-refractivity contribution in [3.8, 4) is 45.3 Å². The summed E-state index contributed by atoms with van der Waals surface area (Å²) < 4.78 is 8.62. The van der Waals surface area contributed by atoms with Crippen molar-refractivity contribution in [2.24, 2.45) is 0 Å². The van der Waals surface area contributed by atoms with Gasteiger partial charge in [0.1, 0.15) is 11.2 Å². The highest BCUT2D eigenvalue weighted by Gasteiger charge is 2.16. The molecule has 0 spiro atoms. The fourth-order valence-electron chi connectivity index (χ4n) is 6.04. The molecule has 0 radical (unpaired) electrons. The van der Waals surface area contributed by atoms with Crippen molar-refractivity contribution in [1.82, 2.24) is 15.0 Å². The Morgan fingerprint density at radius 2 is 1.05 bits per heavy atom. The van der Waals surface area contributed by atoms with Crippen molar-refractivity contribution >= 4 is 53.4 Å². The van der Waals surface area contributed by atoms with E-state index in [1.165, 1.54) is 31.3 Å². The predicted molar refractivity (Wildman–Crippen MR) is 182 cm³/mol. The third-order valence-corrected chi connectivity index (χ3v) is 9.28. The number of fused-ring (bicyclic) bond motifs is 6. The van der Waals surface area contributed by atoms with E-state index in [1.54, 1.807) is 11.3 Å². The van der Waals surface area contributed by atoms with Crippen molar-refractivity contribution in [2.75, 3.05) is 0 Å². The molecule has 0 saturated carbocycles. The van der Waals surface area contributed by atoms with Crippen LogP contribution in [-0.4, -0.2) is 15.0 Å². The van der Waals surface area contributed by atoms with Crippen molar-refractivity contribution in [3.05, 3.63) is 140 Å². The van der Waals surface area contributed by atoms with Crippen LogP contribution in [0.3, 0.4) is 0 Å². The zero-order valence-electron chi connectivity index (χ0n) is 23.4. The van der Waals surface area contributed by atoms with Crippen LogP contribution in [0.5, 0.6) is 0 Å². The number of aromatic nitrogens is 3. The van der Waals surface area contributed by atoms with Crippen LogP contribution in [0.2, 0.25) is 0 Å². The molecule has 0 saturated heterocycles. The smallest absolute Gasteiger partial charge is 0.164 e. The second-order valence-electron chi connectivity index (χ2n) is 10.8. The van der Waals surface area contributed by atoms with E-state index < -0.39 is 0 Å². The van der Waals surface area contributed by atoms with Crippen molar-refractivity contribution in [3.63, 3.8) is 0 Å². The Kier molecular flexibility index (Phi) is 5.64. The largest absolute Gasteiger partial charge is 0.456 e. The molecule has 9 rings (SSSR count). The van der Waals surface area contributed by atoms with Gasteiger partial charge in [0, 0.05) is 47.6 Å². The standard InChI is InChI=1S/C39H23N3OS/c1-3-10-24(11-4-1)37-40-38(25-12-5-2-6-13-25)42-39(41-37)27-18-20-29-31-22-26(19-21-34(31)44-35(29)23-27)28-15-9-17-33-36(28)30-14-7-8-16-32(30)43-33/h1-23H. The lowest BCUT2D eigenvalue weighted by Gasteiger charge is -2.08. The normalized spacial score (nSPS) is 11.6. The lowest BCUT2D eigenvalue weighted by atomic mass is 9.98. The van der Waals surface area contributed by atoms with Gasteiger partial charge in [-0.15, -0.1) is 11.3 Å². The molecule has 3 aromatic heterocycles. The zero-order chi connectivity index (χ0) is 29.0. The van der Waals surface area contributed by atoms with Crippen LogP contribution >= 0.6 is 11.3 Å². The Hall–Kier alpha value is -5.65. The van der Waals surface area contributed by atoms with Crippen molar-refractivity contribution < 1.29 is 4.42 Å². The molecule has 3 heterocycles. The highest BCUT2D eigenvalue weighted by atomic mass is 32.1. The van der Waals surface area contributed by atoms with E-state index in [4.69, 9.17) is 19.4 Å². The molecule has 5 heteroatoms. The molecule has 0 N–H and O–H groups in total. The van der Waals surface area contributed by atoms with E-state index in [-0.39, 0.29) is 0 Å². The van der Waals surface area contributed by atoms with Gasteiger partial charge in [0.05, 0.1) is 0 Å². The molecule has 0 amide bonds. The van der Waals surface area contributed by atoms with Gasteiger partial charge in [-0.2, -0.15) is 0 Å². The van der Waals surface area contributed by atoms with Crippen molar-refractivity contribution in [2.45, 2.75) is 0 Å². The third-order valence-electron chi connectivity index (χ3n) is 8.14. The summed E-state index contributed by atoms with van der Waals surface area (Å²) in [6.07, 6.45) is 0. The quantitative estimate of drug-likeness (QED) is 0.207. The lowest BCUT2D eigenvalue weighted by Crippen LogP contribution is -1.99. The molecular formula is C39H23N3OS. The van der Waals surface area contributed by atoms with Crippen LogP contribution in [0, 0.1) is 0 Å². The maximum absolute atomic E-state index is 6.17. The maximum Gasteiger partial charge on any atom is 0.164 e. The molecule has 0 atom stereocenters. The van der Waals surface area contributed by atoms with Gasteiger partial charge in [0.15, 0.2) is 17.5 Å². The molecule has 0 aliphatic rings. The summed E-state index contributed by atoms with van der Waals surface area (Å²) in [5, 5.41) is 4.76. The summed E-state index contributed by atoms with van der Waals surface area (Å²) in [6.45, 7) is 0. The van der Waals surface area contributed by atoms with E-state index in [1.807, 2.05) is 78.9 Å². The van der Waals surface area contributed by atoms with E-state index in [9.17, 15) is 0 Å². The lowest BCUT2D eigenvalue weighted by molar-refractivity contribution is 0.669. The first-order chi connectivity index (χ1) is 21.8. The molecule has 9 aromatic rings. The summed E-state index contributed by atoms with van der Waals surface area (Å²) in [4.78, 5) is 14.7. The first-order valence-corrected chi connectivity index (χ1v) is 15.3. The Labute approximate surface area is 256 Å². The number of hydrogen-bond donors (Lipinski definition) is 0. The SMILES string of the molecule is c1ccc(-c2nc(-c3ccccc3)nc(-c3ccc4c(c3)sc3ccc(-c5cccc6oc7ccccc7c56)cc34)n2)cc1. The minimum absolute atomic E-state index is 0.663. The van der Waals surface area contributed by atoms with Gasteiger partial charge >= 0.3 is 0 Å². The number of benzene rings is 6. The molecule has 0 aliphatic carbocycles. The van der Waals surface area contributed by atoms with Crippen molar-refractivity contribution in [1.29, 1.82) is 0 Å². The summed E-state index contributed by atoms with van der Waals surface area (Å²) in [6, 6.07) is 48.1. The number of thiophene rings is 1. The molecule has 4 nitrogen and oxygen atoms in total. The van der Waals surface area contributed by atoms with Crippen LogP contribution in [-0.2, 0) is 0 Å². The van der Waals surface area contributed by atoms with Gasteiger partial charge in [-0.3, -0.25) is 0 Å². The monoisotopic (exact) mass is 581 g/mol. The second-order valence-corrected chi connectivity index (χ2v) is 11.9. The number of rotatable bonds is 4. The second kappa shape index (κ2) is 9.97. The minimum atomic E-state index is 0.663. The fraction of sp³-hybridized carbons (Fsp3) is 0. The summed E-state index contributed by atoms with van der Waals surface area (Å²) >= 11 is 1.79. The van der Waals surface area contributed by atoms with Gasteiger partial charge in [0.25, 0.3) is 0 Å². The number of hydrogen-bond acceptors (Lipinski definition) is 5. The van der Waals surface area contributed by atoms with E-state index in [2.05, 4.69) is 60.7 Å². The van der Waals surface area contributed by atoms with Crippen LogP contribution in [0.15, 0.2) is 144 Å². The van der Waals surface area contributed by atoms with Gasteiger partial charge in [-0.1, -0.05) is 109 Å². The molecule has 44 heavy (non-hydrogen) atoms. The van der Waals surface area contributed by atoms with Crippen LogP contribution < -0.4 is 0 Å². The molecule has 0 bridgehead atoms. The van der Waals surface area contributed by atoms with E-state index >= 15 is 0 Å². The van der Waals surface area contributed by atoms with Gasteiger partial charge in [0.2, 0.25) is 0 Å². The average Bonchev–Trinajstić information content (AvgIpc) is 3.66. The molecule has 0 aliphatic heterocycles. The Bertz CT molecular complexity index is 2440. The van der Waals surface area contributed by atoms with Gasteiger partial charge in [-0.05, 0) is 41.5 Å². The first-order valence-electron chi connectivity index (χ1n) is 14.5. The average molecular weight is 582 g/mol. The van der Waals surface area contributed by atoms with E-state index in [0.717, 1.165) is 38.6 Å². The topological polar surface area (TPSA) is 51.8 Å². The molecule has 6 aromatic carbocycles. The van der Waals surface area contributed by atoms with Gasteiger partial charge in [-0.25, -0.2) is 15.0 Å². The van der Waals surface area contributed by atoms with E-state index in [0.29, 0.717) is 17.5 Å². The molecule has 206 valence electrons. The molecular weight excluding hydrogens is 559 g/mol. The molecule has 0 fully saturated rings. The van der Waals surface area contributed by atoms with Crippen LogP contribution in [0.4, 0.5) is 0 Å². The Morgan fingerprint density at radius 3 is 1.80 bits per heavy atom. The number of para-hydroxylation sites is 1. The predicted octanol–water partition coefficient (Wildman–Crippen LogP) is 10.8. The minimum Gasteiger partial charge on any atom is -0.456 e. The summed E-state index contributed by atoms with van der Waals surface area (Å²) in [5.41, 5.74) is 7.07. The third kappa shape index (κ3) is 4.09.